The number of fused-ring (bicyclic) bond motifs is 1. The van der Waals surface area contributed by atoms with Gasteiger partial charge in [-0.15, -0.1) is 6.58 Å². The van der Waals surface area contributed by atoms with Crippen LogP contribution in [-0.4, -0.2) is 20.1 Å². The second-order valence-electron chi connectivity index (χ2n) is 4.48. The molecule has 0 saturated carbocycles. The molecule has 0 spiro atoms. The van der Waals surface area contributed by atoms with Gasteiger partial charge in [0.1, 0.15) is 5.75 Å². The molecular formula is C14H20BNO2. The summed E-state index contributed by atoms with van der Waals surface area (Å²) in [5.74, 6) is 2.71. The molecule has 3 nitrogen and oxygen atoms in total. The average Bonchev–Trinajstić information content (AvgIpc) is 2.78. The standard InChI is InChI=1S/C14H20BNO2/c1-3-5-9-17-12-8-6-7-11-13(10-16)18-15(4-2)14(11)12/h4,6-8,13H,2-3,5,9-10,16H2,1H3. The Morgan fingerprint density at radius 1 is 1.56 bits per heavy atom. The van der Waals surface area contributed by atoms with Gasteiger partial charge < -0.3 is 15.1 Å². The molecule has 4 heteroatoms. The number of rotatable bonds is 6. The number of nitrogens with two attached hydrogens (primary N) is 1. The number of hydrogen-bond acceptors (Lipinski definition) is 3. The maximum Gasteiger partial charge on any atom is 0.358 e. The predicted molar refractivity (Wildman–Crippen MR) is 75.3 cm³/mol. The third-order valence-electron chi connectivity index (χ3n) is 3.23. The number of unbranched alkanes of at least 4 members (excludes halogenated alkanes) is 1. The molecule has 96 valence electrons. The van der Waals surface area contributed by atoms with Gasteiger partial charge in [-0.3, -0.25) is 0 Å². The van der Waals surface area contributed by atoms with Gasteiger partial charge in [0.05, 0.1) is 12.7 Å². The summed E-state index contributed by atoms with van der Waals surface area (Å²) in [6.45, 7) is 7.10. The van der Waals surface area contributed by atoms with E-state index in [9.17, 15) is 0 Å². The second kappa shape index (κ2) is 6.07. The van der Waals surface area contributed by atoms with E-state index < -0.39 is 0 Å². The Morgan fingerprint density at radius 3 is 3.06 bits per heavy atom. The van der Waals surface area contributed by atoms with E-state index in [0.717, 1.165) is 36.2 Å². The average molecular weight is 245 g/mol. The molecule has 0 amide bonds. The monoisotopic (exact) mass is 245 g/mol. The molecule has 0 aliphatic carbocycles. The van der Waals surface area contributed by atoms with E-state index >= 15 is 0 Å². The fourth-order valence-electron chi connectivity index (χ4n) is 2.27. The van der Waals surface area contributed by atoms with Crippen LogP contribution in [0.1, 0.15) is 31.4 Å². The van der Waals surface area contributed by atoms with Crippen molar-refractivity contribution in [1.82, 2.24) is 0 Å². The van der Waals surface area contributed by atoms with Crippen LogP contribution in [0.15, 0.2) is 30.8 Å². The lowest BCUT2D eigenvalue weighted by Crippen LogP contribution is -2.28. The molecule has 0 bridgehead atoms. The molecule has 0 aromatic heterocycles. The molecule has 1 heterocycles. The van der Waals surface area contributed by atoms with Crippen molar-refractivity contribution >= 4 is 12.4 Å². The molecule has 1 aliphatic rings. The fourth-order valence-corrected chi connectivity index (χ4v) is 2.27. The summed E-state index contributed by atoms with van der Waals surface area (Å²) >= 11 is 0. The number of benzene rings is 1. The van der Waals surface area contributed by atoms with Gasteiger partial charge in [0.25, 0.3) is 0 Å². The largest absolute Gasteiger partial charge is 0.494 e. The Labute approximate surface area is 109 Å². The van der Waals surface area contributed by atoms with Gasteiger partial charge in [0.2, 0.25) is 0 Å². The fraction of sp³-hybridized carbons (Fsp3) is 0.429. The van der Waals surface area contributed by atoms with E-state index in [0.29, 0.717) is 6.54 Å². The zero-order valence-electron chi connectivity index (χ0n) is 10.9. The van der Waals surface area contributed by atoms with Crippen LogP contribution in [0.25, 0.3) is 0 Å². The molecule has 0 radical (unpaired) electrons. The van der Waals surface area contributed by atoms with Crippen LogP contribution in [0.3, 0.4) is 0 Å². The molecule has 2 N–H and O–H groups in total. The van der Waals surface area contributed by atoms with Crippen molar-refractivity contribution in [3.63, 3.8) is 0 Å². The Bertz CT molecular complexity index is 422. The van der Waals surface area contributed by atoms with Crippen LogP contribution in [0.4, 0.5) is 0 Å². The predicted octanol–water partition coefficient (Wildman–Crippen LogP) is 1.82. The first-order chi connectivity index (χ1) is 8.81. The maximum absolute atomic E-state index is 5.85. The molecular weight excluding hydrogens is 225 g/mol. The van der Waals surface area contributed by atoms with Crippen molar-refractivity contribution in [2.75, 3.05) is 13.2 Å². The number of hydrogen-bond donors (Lipinski definition) is 1. The van der Waals surface area contributed by atoms with Gasteiger partial charge in [-0.05, 0) is 18.1 Å². The van der Waals surface area contributed by atoms with Gasteiger partial charge in [0.15, 0.2) is 0 Å². The van der Waals surface area contributed by atoms with Crippen LogP contribution in [0.2, 0.25) is 0 Å². The highest BCUT2D eigenvalue weighted by atomic mass is 16.5. The van der Waals surface area contributed by atoms with E-state index in [1.165, 1.54) is 0 Å². The van der Waals surface area contributed by atoms with Gasteiger partial charge in [-0.25, -0.2) is 0 Å². The topological polar surface area (TPSA) is 44.5 Å². The van der Waals surface area contributed by atoms with Crippen LogP contribution in [-0.2, 0) is 4.65 Å². The third-order valence-corrected chi connectivity index (χ3v) is 3.23. The van der Waals surface area contributed by atoms with Gasteiger partial charge in [0, 0.05) is 12.0 Å². The van der Waals surface area contributed by atoms with Crippen molar-refractivity contribution in [3.8, 4) is 5.75 Å². The van der Waals surface area contributed by atoms with Gasteiger partial charge >= 0.3 is 6.92 Å². The van der Waals surface area contributed by atoms with Crippen molar-refractivity contribution in [2.24, 2.45) is 5.73 Å². The molecule has 0 saturated heterocycles. The molecule has 1 unspecified atom stereocenters. The Morgan fingerprint density at radius 2 is 2.39 bits per heavy atom. The molecule has 18 heavy (non-hydrogen) atoms. The lowest BCUT2D eigenvalue weighted by atomic mass is 9.61. The zero-order chi connectivity index (χ0) is 13.0. The lowest BCUT2D eigenvalue weighted by molar-refractivity contribution is 0.237. The number of ether oxygens (including phenoxy) is 1. The summed E-state index contributed by atoms with van der Waals surface area (Å²) in [6.07, 6.45) is 2.14. The molecule has 1 atom stereocenters. The third kappa shape index (κ3) is 2.45. The van der Waals surface area contributed by atoms with Crippen molar-refractivity contribution in [2.45, 2.75) is 25.9 Å². The normalized spacial score (nSPS) is 17.7. The highest BCUT2D eigenvalue weighted by Crippen LogP contribution is 2.28. The smallest absolute Gasteiger partial charge is 0.358 e. The van der Waals surface area contributed by atoms with E-state index in [1.54, 1.807) is 5.98 Å². The molecule has 1 aliphatic heterocycles. The minimum absolute atomic E-state index is 0.0438. The minimum atomic E-state index is -0.105. The zero-order valence-corrected chi connectivity index (χ0v) is 10.9. The van der Waals surface area contributed by atoms with Gasteiger partial charge in [-0.1, -0.05) is 31.5 Å². The van der Waals surface area contributed by atoms with Gasteiger partial charge in [-0.2, -0.15) is 0 Å². The maximum atomic E-state index is 5.85. The van der Waals surface area contributed by atoms with Crippen LogP contribution in [0.5, 0.6) is 5.75 Å². The highest BCUT2D eigenvalue weighted by Gasteiger charge is 2.35. The Kier molecular flexibility index (Phi) is 4.45. The summed E-state index contributed by atoms with van der Waals surface area (Å²) in [5.41, 5.74) is 7.97. The first kappa shape index (κ1) is 13.2. The summed E-state index contributed by atoms with van der Waals surface area (Å²) in [5, 5.41) is 0. The van der Waals surface area contributed by atoms with Crippen molar-refractivity contribution < 1.29 is 9.39 Å². The first-order valence-electron chi connectivity index (χ1n) is 6.55. The summed E-state index contributed by atoms with van der Waals surface area (Å²) < 4.78 is 11.7. The van der Waals surface area contributed by atoms with Crippen molar-refractivity contribution in [1.29, 1.82) is 0 Å². The SMILES string of the molecule is C=CB1OC(CN)c2cccc(OCCCC)c21. The second-order valence-corrected chi connectivity index (χ2v) is 4.48. The van der Waals surface area contributed by atoms with Crippen LogP contribution < -0.4 is 15.9 Å². The van der Waals surface area contributed by atoms with Crippen LogP contribution in [0, 0.1) is 0 Å². The van der Waals surface area contributed by atoms with Crippen molar-refractivity contribution in [3.05, 3.63) is 36.3 Å². The first-order valence-corrected chi connectivity index (χ1v) is 6.55. The Hall–Kier alpha value is -1.26. The molecule has 2 rings (SSSR count). The molecule has 1 aromatic rings. The minimum Gasteiger partial charge on any atom is -0.494 e. The quantitative estimate of drug-likeness (QED) is 0.614. The van der Waals surface area contributed by atoms with E-state index in [-0.39, 0.29) is 13.0 Å². The lowest BCUT2D eigenvalue weighted by Gasteiger charge is -2.11. The summed E-state index contributed by atoms with van der Waals surface area (Å²) in [7, 11) is 0. The van der Waals surface area contributed by atoms with E-state index in [1.807, 2.05) is 12.1 Å². The highest BCUT2D eigenvalue weighted by molar-refractivity contribution is 6.74. The molecule has 1 aromatic carbocycles. The van der Waals surface area contributed by atoms with E-state index in [2.05, 4.69) is 19.6 Å². The van der Waals surface area contributed by atoms with Crippen LogP contribution >= 0.6 is 0 Å². The molecule has 0 fully saturated rings. The Balaban J connectivity index is 2.27. The summed E-state index contributed by atoms with van der Waals surface area (Å²) in [6, 6.07) is 6.05. The van der Waals surface area contributed by atoms with E-state index in [4.69, 9.17) is 15.1 Å². The summed E-state index contributed by atoms with van der Waals surface area (Å²) in [4.78, 5) is 0.